The Morgan fingerprint density at radius 2 is 0.625 bits per heavy atom. The molecule has 0 bridgehead atoms. The molecule has 0 aliphatic rings. The van der Waals surface area contributed by atoms with Crippen LogP contribution in [0.3, 0.4) is 0 Å². The van der Waals surface area contributed by atoms with Crippen LogP contribution in [0.5, 0.6) is 0 Å². The van der Waals surface area contributed by atoms with Gasteiger partial charge in [0.2, 0.25) is 0 Å². The molecule has 0 atom stereocenters. The van der Waals surface area contributed by atoms with Gasteiger partial charge in [0.25, 0.3) is 0 Å². The largest absolute Gasteiger partial charge is 3.00 e. The number of rotatable bonds is 0. The summed E-state index contributed by atoms with van der Waals surface area (Å²) in [6.45, 7) is 0. The maximum Gasteiger partial charge on any atom is 3.00 e. The molecule has 0 aromatic carbocycles. The molecule has 140 valence electrons. The van der Waals surface area contributed by atoms with Crippen LogP contribution in [0, 0.1) is 0 Å². The Morgan fingerprint density at radius 1 is 0.458 bits per heavy atom. The molecular formula is C10H14Bi2Br8N4. The van der Waals surface area contributed by atoms with Gasteiger partial charge in [-0.25, -0.2) is 9.13 Å². The summed E-state index contributed by atoms with van der Waals surface area (Å²) in [6.07, 6.45) is 14.6. The third-order valence-corrected chi connectivity index (χ3v) is 1.55. The Hall–Kier alpha value is 3.77. The van der Waals surface area contributed by atoms with Crippen molar-refractivity contribution < 1.29 is 145 Å². The molecule has 24 heavy (non-hydrogen) atoms. The topological polar surface area (TPSA) is 33.5 Å². The van der Waals surface area contributed by atoms with E-state index in [4.69, 9.17) is 0 Å². The van der Waals surface area contributed by atoms with Gasteiger partial charge in [0.15, 0.2) is 24.8 Å². The summed E-state index contributed by atoms with van der Waals surface area (Å²) in [5, 5.41) is 0. The standard InChI is InChI=1S/2C5H7N2.2Bi.8BrH/c2*1-7-4-2-6-3-5-7;;;;;;;;;;/h2*2-5H,1H3;;;8*1H/q2*+1;2*+3;;;;;;;;/p-8. The molecule has 2 rings (SSSR count). The smallest absolute Gasteiger partial charge is 1.00 e. The molecule has 4 nitrogen and oxygen atoms in total. The summed E-state index contributed by atoms with van der Waals surface area (Å²) in [7, 11) is 3.92. The quantitative estimate of drug-likeness (QED) is 0.195. The monoisotopic (exact) mass is 1240 g/mol. The molecule has 2 aromatic rings. The minimum absolute atomic E-state index is 0. The van der Waals surface area contributed by atoms with Gasteiger partial charge in [-0.15, -0.1) is 0 Å². The molecule has 0 aliphatic heterocycles. The second-order valence-corrected chi connectivity index (χ2v) is 2.82. The van der Waals surface area contributed by atoms with Gasteiger partial charge in [0.1, 0.15) is 14.1 Å². The van der Waals surface area contributed by atoms with Gasteiger partial charge in [0.05, 0.1) is 24.8 Å². The van der Waals surface area contributed by atoms with Crippen LogP contribution in [0.2, 0.25) is 0 Å². The fraction of sp³-hybridized carbons (Fsp3) is 0.200. The van der Waals surface area contributed by atoms with Gasteiger partial charge in [-0.3, -0.25) is 9.97 Å². The number of aromatic nitrogens is 4. The predicted molar refractivity (Wildman–Crippen MR) is 62.3 cm³/mol. The van der Waals surface area contributed by atoms with E-state index >= 15 is 0 Å². The number of hydrogen-bond acceptors (Lipinski definition) is 2. The van der Waals surface area contributed by atoms with E-state index in [1.54, 1.807) is 24.8 Å². The van der Waals surface area contributed by atoms with Crippen LogP contribution >= 0.6 is 0 Å². The first kappa shape index (κ1) is 63.0. The van der Waals surface area contributed by atoms with Gasteiger partial charge in [-0.2, -0.15) is 0 Å². The van der Waals surface area contributed by atoms with Crippen molar-refractivity contribution in [2.75, 3.05) is 0 Å². The summed E-state index contributed by atoms with van der Waals surface area (Å²) in [5.74, 6) is 0. The zero-order valence-corrected chi connectivity index (χ0v) is 32.0. The average Bonchev–Trinajstić information content (AvgIpc) is 2.21. The normalized spacial score (nSPS) is 5.08. The Labute approximate surface area is 266 Å². The Kier molecular flexibility index (Phi) is 119. The van der Waals surface area contributed by atoms with E-state index in [0.717, 1.165) is 0 Å². The zero-order valence-electron chi connectivity index (χ0n) is 12.3. The maximum absolute atomic E-state index is 3.82. The summed E-state index contributed by atoms with van der Waals surface area (Å²) < 4.78 is 3.88. The van der Waals surface area contributed by atoms with E-state index in [-0.39, 0.29) is 188 Å². The van der Waals surface area contributed by atoms with E-state index < -0.39 is 0 Å². The third-order valence-electron chi connectivity index (χ3n) is 1.55. The molecule has 4 radical (unpaired) electrons. The molecular weight excluding hydrogens is 1230 g/mol. The van der Waals surface area contributed by atoms with Crippen LogP contribution in [-0.2, 0) is 14.1 Å². The van der Waals surface area contributed by atoms with Gasteiger partial charge < -0.3 is 136 Å². The Bertz CT molecular complexity index is 340. The maximum atomic E-state index is 3.82. The zero-order chi connectivity index (χ0) is 10.2. The Morgan fingerprint density at radius 3 is 0.708 bits per heavy atom. The number of aryl methyl sites for hydroxylation is 2. The SMILES string of the molecule is C[n+]1ccncc1.C[n+]1ccncc1.[Bi+3].[Bi+3].[Br-].[Br-].[Br-].[Br-].[Br-].[Br-].[Br-].[Br-]. The minimum Gasteiger partial charge on any atom is -1.00 e. The van der Waals surface area contributed by atoms with Crippen LogP contribution in [0.25, 0.3) is 0 Å². The summed E-state index contributed by atoms with van der Waals surface area (Å²) in [6, 6.07) is 0. The third kappa shape index (κ3) is 40.5. The second kappa shape index (κ2) is 45.5. The van der Waals surface area contributed by atoms with Gasteiger partial charge >= 0.3 is 52.4 Å². The summed E-state index contributed by atoms with van der Waals surface area (Å²) in [4.78, 5) is 7.65. The number of hydrogen-bond donors (Lipinski definition) is 0. The van der Waals surface area contributed by atoms with Gasteiger partial charge in [0, 0.05) is 0 Å². The fourth-order valence-corrected chi connectivity index (χ4v) is 0.773. The molecule has 0 saturated heterocycles. The second-order valence-electron chi connectivity index (χ2n) is 2.82. The van der Waals surface area contributed by atoms with Crippen molar-refractivity contribution in [1.29, 1.82) is 0 Å². The van der Waals surface area contributed by atoms with Crippen molar-refractivity contribution >= 4 is 52.4 Å². The van der Waals surface area contributed by atoms with E-state index in [0.29, 0.717) is 0 Å². The Balaban J connectivity index is -0.0000000144. The first-order valence-corrected chi connectivity index (χ1v) is 4.29. The van der Waals surface area contributed by atoms with Crippen LogP contribution in [-0.4, -0.2) is 62.4 Å². The number of halogens is 8. The number of nitrogens with zero attached hydrogens (tertiary/aromatic N) is 4. The van der Waals surface area contributed by atoms with Gasteiger partial charge in [-0.05, 0) is 0 Å². The molecule has 0 saturated carbocycles. The molecule has 0 N–H and O–H groups in total. The minimum atomic E-state index is 0. The molecule has 0 aliphatic carbocycles. The predicted octanol–water partition coefficient (Wildman–Crippen LogP) is -24.9. The van der Waals surface area contributed by atoms with Crippen LogP contribution in [0.15, 0.2) is 49.6 Å². The van der Waals surface area contributed by atoms with E-state index in [1.807, 2.05) is 48.0 Å². The van der Waals surface area contributed by atoms with Crippen LogP contribution in [0.4, 0.5) is 0 Å². The average molecular weight is 1250 g/mol. The molecule has 0 fully saturated rings. The molecule has 14 heteroatoms. The van der Waals surface area contributed by atoms with E-state index in [9.17, 15) is 0 Å². The van der Waals surface area contributed by atoms with Crippen molar-refractivity contribution in [2.24, 2.45) is 14.1 Å². The first-order valence-electron chi connectivity index (χ1n) is 4.29. The van der Waals surface area contributed by atoms with E-state index in [2.05, 4.69) is 9.97 Å². The van der Waals surface area contributed by atoms with Crippen molar-refractivity contribution in [3.63, 3.8) is 0 Å². The van der Waals surface area contributed by atoms with E-state index in [1.165, 1.54) is 0 Å². The molecule has 2 aromatic heterocycles. The summed E-state index contributed by atoms with van der Waals surface area (Å²) in [5.41, 5.74) is 0. The molecule has 0 spiro atoms. The fourth-order valence-electron chi connectivity index (χ4n) is 0.773. The van der Waals surface area contributed by atoms with Crippen molar-refractivity contribution in [2.45, 2.75) is 0 Å². The summed E-state index contributed by atoms with van der Waals surface area (Å²) >= 11 is 0. The van der Waals surface area contributed by atoms with Gasteiger partial charge in [-0.1, -0.05) is 0 Å². The van der Waals surface area contributed by atoms with Crippen molar-refractivity contribution in [3.05, 3.63) is 49.6 Å². The molecule has 0 amide bonds. The molecule has 0 unspecified atom stereocenters. The van der Waals surface area contributed by atoms with Crippen LogP contribution in [0.1, 0.15) is 0 Å². The molecule has 2 heterocycles. The van der Waals surface area contributed by atoms with Crippen molar-refractivity contribution in [1.82, 2.24) is 9.97 Å². The first-order chi connectivity index (χ1) is 6.79. The van der Waals surface area contributed by atoms with Crippen LogP contribution < -0.4 is 145 Å². The van der Waals surface area contributed by atoms with Crippen molar-refractivity contribution in [3.8, 4) is 0 Å².